The van der Waals surface area contributed by atoms with Gasteiger partial charge < -0.3 is 9.88 Å². The predicted octanol–water partition coefficient (Wildman–Crippen LogP) is 4.90. The van der Waals surface area contributed by atoms with Crippen molar-refractivity contribution >= 4 is 35.3 Å². The van der Waals surface area contributed by atoms with Crippen molar-refractivity contribution in [1.82, 2.24) is 25.4 Å². The topological polar surface area (TPSA) is 88.9 Å². The van der Waals surface area contributed by atoms with Gasteiger partial charge in [-0.2, -0.15) is 0 Å². The van der Waals surface area contributed by atoms with E-state index >= 15 is 0 Å². The summed E-state index contributed by atoms with van der Waals surface area (Å²) in [6.07, 6.45) is 7.12. The first-order valence-corrected chi connectivity index (χ1v) is 11.8. The van der Waals surface area contributed by atoms with E-state index < -0.39 is 6.03 Å². The summed E-state index contributed by atoms with van der Waals surface area (Å²) in [5, 5.41) is 14.8. The fourth-order valence-corrected chi connectivity index (χ4v) is 3.85. The first kappa shape index (κ1) is 24.2. The van der Waals surface area contributed by atoms with Crippen LogP contribution in [0.3, 0.4) is 0 Å². The van der Waals surface area contributed by atoms with E-state index in [9.17, 15) is 9.59 Å². The van der Waals surface area contributed by atoms with Gasteiger partial charge in [-0.15, -0.1) is 10.2 Å². The van der Waals surface area contributed by atoms with Gasteiger partial charge in [-0.3, -0.25) is 10.1 Å². The van der Waals surface area contributed by atoms with Crippen molar-refractivity contribution in [1.29, 1.82) is 0 Å². The van der Waals surface area contributed by atoms with E-state index in [1.54, 1.807) is 6.92 Å². The zero-order chi connectivity index (χ0) is 21.8. The molecule has 9 heteroatoms. The van der Waals surface area contributed by atoms with Crippen LogP contribution in [0.1, 0.15) is 52.4 Å². The number of nitrogens with zero attached hydrogens (tertiary/aromatic N) is 3. The van der Waals surface area contributed by atoms with Crippen LogP contribution < -0.4 is 10.6 Å². The van der Waals surface area contributed by atoms with Crippen molar-refractivity contribution in [2.75, 3.05) is 12.3 Å². The lowest BCUT2D eigenvalue weighted by Crippen LogP contribution is -2.40. The number of aromatic nitrogens is 3. The van der Waals surface area contributed by atoms with Gasteiger partial charge in [0.25, 0.3) is 0 Å². The average molecular weight is 452 g/mol. The normalized spacial score (nSPS) is 10.8. The summed E-state index contributed by atoms with van der Waals surface area (Å²) in [5.74, 6) is 0.479. The number of thioether (sulfide) groups is 1. The van der Waals surface area contributed by atoms with Gasteiger partial charge in [-0.25, -0.2) is 4.79 Å². The lowest BCUT2D eigenvalue weighted by molar-refractivity contribution is -0.117. The minimum atomic E-state index is -0.488. The maximum atomic E-state index is 12.0. The zero-order valence-electron chi connectivity index (χ0n) is 17.6. The van der Waals surface area contributed by atoms with Gasteiger partial charge in [0.15, 0.2) is 11.0 Å². The Morgan fingerprint density at radius 3 is 2.43 bits per heavy atom. The van der Waals surface area contributed by atoms with Crippen molar-refractivity contribution < 1.29 is 9.59 Å². The second-order valence-corrected chi connectivity index (χ2v) is 8.31. The molecule has 0 fully saturated rings. The summed E-state index contributed by atoms with van der Waals surface area (Å²) >= 11 is 7.29. The molecule has 1 aromatic heterocycles. The molecule has 164 valence electrons. The number of benzene rings is 1. The van der Waals surface area contributed by atoms with Crippen LogP contribution in [0.5, 0.6) is 0 Å². The van der Waals surface area contributed by atoms with E-state index in [2.05, 4.69) is 27.8 Å². The number of rotatable bonds is 12. The second kappa shape index (κ2) is 13.3. The van der Waals surface area contributed by atoms with E-state index in [0.29, 0.717) is 16.7 Å². The number of carbonyl (C=O) groups excluding carboxylic acids is 2. The first-order valence-electron chi connectivity index (χ1n) is 10.4. The smallest absolute Gasteiger partial charge is 0.321 e. The number of hydrogen-bond donors (Lipinski definition) is 2. The molecule has 0 saturated heterocycles. The average Bonchev–Trinajstić information content (AvgIpc) is 3.12. The molecule has 7 nitrogen and oxygen atoms in total. The molecule has 30 heavy (non-hydrogen) atoms. The molecule has 0 spiro atoms. The molecule has 1 heterocycles. The molecule has 2 N–H and O–H groups in total. The highest BCUT2D eigenvalue weighted by Crippen LogP contribution is 2.26. The van der Waals surface area contributed by atoms with Crippen molar-refractivity contribution in [2.24, 2.45) is 0 Å². The maximum absolute atomic E-state index is 12.0. The molecule has 0 saturated carbocycles. The zero-order valence-corrected chi connectivity index (χ0v) is 19.2. The van der Waals surface area contributed by atoms with Gasteiger partial charge in [0, 0.05) is 23.7 Å². The van der Waals surface area contributed by atoms with Crippen LogP contribution in [-0.2, 0) is 11.3 Å². The highest BCUT2D eigenvalue weighted by atomic mass is 35.5. The SMILES string of the molecule is CCCCCCCCn1c(SCC(=O)NC(=O)NCC)nnc1-c1ccc(Cl)cc1. The lowest BCUT2D eigenvalue weighted by atomic mass is 10.1. The number of amides is 3. The largest absolute Gasteiger partial charge is 0.338 e. The van der Waals surface area contributed by atoms with Crippen LogP contribution in [0.2, 0.25) is 5.02 Å². The van der Waals surface area contributed by atoms with Crippen LogP contribution in [-0.4, -0.2) is 39.0 Å². The Morgan fingerprint density at radius 2 is 1.73 bits per heavy atom. The predicted molar refractivity (Wildman–Crippen MR) is 122 cm³/mol. The molecule has 3 amide bonds. The minimum Gasteiger partial charge on any atom is -0.338 e. The Bertz CT molecular complexity index is 810. The molecule has 2 aromatic rings. The van der Waals surface area contributed by atoms with Gasteiger partial charge >= 0.3 is 6.03 Å². The van der Waals surface area contributed by atoms with Crippen molar-refractivity contribution in [3.8, 4) is 11.4 Å². The molecule has 2 rings (SSSR count). The lowest BCUT2D eigenvalue weighted by Gasteiger charge is -2.10. The van der Waals surface area contributed by atoms with Crippen LogP contribution in [0, 0.1) is 0 Å². The third-order valence-corrected chi connectivity index (χ3v) is 5.70. The van der Waals surface area contributed by atoms with Crippen molar-refractivity contribution in [3.63, 3.8) is 0 Å². The number of imide groups is 1. The standard InChI is InChI=1S/C21H30ClN5O2S/c1-3-5-6-7-8-9-14-27-19(16-10-12-17(22)13-11-16)25-26-21(27)30-15-18(28)24-20(29)23-4-2/h10-13H,3-9,14-15H2,1-2H3,(H2,23,24,28,29). The fourth-order valence-electron chi connectivity index (χ4n) is 2.96. The monoisotopic (exact) mass is 451 g/mol. The third-order valence-electron chi connectivity index (χ3n) is 4.48. The Labute approximate surface area is 187 Å². The number of urea groups is 1. The summed E-state index contributed by atoms with van der Waals surface area (Å²) in [7, 11) is 0. The Morgan fingerprint density at radius 1 is 1.03 bits per heavy atom. The quantitative estimate of drug-likeness (QED) is 0.354. The fraction of sp³-hybridized carbons (Fsp3) is 0.524. The Balaban J connectivity index is 2.05. The summed E-state index contributed by atoms with van der Waals surface area (Å²) in [5.41, 5.74) is 0.927. The number of nitrogens with one attached hydrogen (secondary N) is 2. The van der Waals surface area contributed by atoms with Gasteiger partial charge in [-0.05, 0) is 37.6 Å². The highest BCUT2D eigenvalue weighted by molar-refractivity contribution is 7.99. The van der Waals surface area contributed by atoms with Crippen molar-refractivity contribution in [3.05, 3.63) is 29.3 Å². The van der Waals surface area contributed by atoms with Crippen LogP contribution >= 0.6 is 23.4 Å². The third kappa shape index (κ3) is 7.99. The molecule has 0 radical (unpaired) electrons. The number of hydrogen-bond acceptors (Lipinski definition) is 5. The van der Waals surface area contributed by atoms with Crippen LogP contribution in [0.25, 0.3) is 11.4 Å². The van der Waals surface area contributed by atoms with E-state index in [1.165, 1.54) is 37.4 Å². The van der Waals surface area contributed by atoms with E-state index in [0.717, 1.165) is 30.8 Å². The second-order valence-electron chi connectivity index (χ2n) is 6.93. The number of halogens is 1. The van der Waals surface area contributed by atoms with Crippen LogP contribution in [0.4, 0.5) is 4.79 Å². The summed E-state index contributed by atoms with van der Waals surface area (Å²) in [4.78, 5) is 23.5. The molecule has 0 atom stereocenters. The first-order chi connectivity index (χ1) is 14.5. The van der Waals surface area contributed by atoms with Gasteiger partial charge in [-0.1, -0.05) is 62.4 Å². The highest BCUT2D eigenvalue weighted by Gasteiger charge is 2.16. The number of carbonyl (C=O) groups is 2. The van der Waals surface area contributed by atoms with E-state index in [-0.39, 0.29) is 11.7 Å². The van der Waals surface area contributed by atoms with E-state index in [4.69, 9.17) is 11.6 Å². The van der Waals surface area contributed by atoms with Gasteiger partial charge in [0.1, 0.15) is 0 Å². The summed E-state index contributed by atoms with van der Waals surface area (Å²) in [6.45, 7) is 5.24. The number of unbranched alkanes of at least 4 members (excludes halogenated alkanes) is 5. The Kier molecular flexibility index (Phi) is 10.7. The van der Waals surface area contributed by atoms with Crippen molar-refractivity contribution in [2.45, 2.75) is 64.1 Å². The molecular formula is C21H30ClN5O2S. The molecular weight excluding hydrogens is 422 g/mol. The maximum Gasteiger partial charge on any atom is 0.321 e. The van der Waals surface area contributed by atoms with Gasteiger partial charge in [0.2, 0.25) is 5.91 Å². The summed E-state index contributed by atoms with van der Waals surface area (Å²) < 4.78 is 2.05. The molecule has 0 aliphatic heterocycles. The van der Waals surface area contributed by atoms with Crippen LogP contribution in [0.15, 0.2) is 29.4 Å². The molecule has 0 aliphatic carbocycles. The molecule has 0 aliphatic rings. The molecule has 0 unspecified atom stereocenters. The van der Waals surface area contributed by atoms with E-state index in [1.807, 2.05) is 28.8 Å². The Hall–Kier alpha value is -2.06. The van der Waals surface area contributed by atoms with Gasteiger partial charge in [0.05, 0.1) is 5.75 Å². The minimum absolute atomic E-state index is 0.0897. The summed E-state index contributed by atoms with van der Waals surface area (Å²) in [6, 6.07) is 7.00. The molecule has 1 aromatic carbocycles. The molecule has 0 bridgehead atoms.